The number of non-ortho nitro benzene ring substituents is 1. The number of esters is 1. The smallest absolute Gasteiger partial charge is 0.338 e. The Morgan fingerprint density at radius 1 is 1.11 bits per heavy atom. The molecule has 0 aliphatic rings. The number of carbonyl (C=O) groups excluding carboxylic acids is 2. The number of rotatable bonds is 5. The number of hydrogen-bond donors (Lipinski definition) is 0. The standard InChI is InChI=1S/C20H16N2O5/c1-3-27-20(24)16-11-18(21-17-9-4-12(2)10-15(16)17)19(23)13-5-7-14(8-6-13)22(25)26/h4-11H,3H2,1-2H3. The topological polar surface area (TPSA) is 99.4 Å². The minimum Gasteiger partial charge on any atom is -0.462 e. The van der Waals surface area contributed by atoms with Gasteiger partial charge in [-0.25, -0.2) is 9.78 Å². The van der Waals surface area contributed by atoms with Crippen LogP contribution in [0, 0.1) is 17.0 Å². The number of ether oxygens (including phenoxy) is 1. The van der Waals surface area contributed by atoms with Crippen LogP contribution in [0.2, 0.25) is 0 Å². The number of carbonyl (C=O) groups is 2. The van der Waals surface area contributed by atoms with Crippen molar-refractivity contribution in [3.05, 3.63) is 81.0 Å². The van der Waals surface area contributed by atoms with E-state index in [0.29, 0.717) is 10.9 Å². The van der Waals surface area contributed by atoms with Gasteiger partial charge in [-0.3, -0.25) is 14.9 Å². The van der Waals surface area contributed by atoms with Crippen LogP contribution < -0.4 is 0 Å². The fraction of sp³-hybridized carbons (Fsp3) is 0.150. The number of nitro benzene ring substituents is 1. The van der Waals surface area contributed by atoms with Crippen molar-refractivity contribution in [2.75, 3.05) is 6.61 Å². The van der Waals surface area contributed by atoms with Crippen LogP contribution in [0.5, 0.6) is 0 Å². The minimum absolute atomic E-state index is 0.0725. The van der Waals surface area contributed by atoms with Gasteiger partial charge in [-0.05, 0) is 44.2 Å². The monoisotopic (exact) mass is 364 g/mol. The van der Waals surface area contributed by atoms with E-state index in [-0.39, 0.29) is 29.1 Å². The van der Waals surface area contributed by atoms with Crippen LogP contribution in [0.1, 0.15) is 38.9 Å². The number of aryl methyl sites for hydroxylation is 1. The van der Waals surface area contributed by atoms with Gasteiger partial charge in [0.05, 0.1) is 22.6 Å². The van der Waals surface area contributed by atoms with Gasteiger partial charge in [0, 0.05) is 23.1 Å². The number of aromatic nitrogens is 1. The van der Waals surface area contributed by atoms with Crippen molar-refractivity contribution in [1.82, 2.24) is 4.98 Å². The summed E-state index contributed by atoms with van der Waals surface area (Å²) in [6, 6.07) is 12.0. The molecule has 0 fully saturated rings. The fourth-order valence-corrected chi connectivity index (χ4v) is 2.72. The minimum atomic E-state index is -0.538. The van der Waals surface area contributed by atoms with Gasteiger partial charge in [0.1, 0.15) is 5.69 Å². The molecule has 7 heteroatoms. The van der Waals surface area contributed by atoms with E-state index in [4.69, 9.17) is 4.74 Å². The van der Waals surface area contributed by atoms with Crippen LogP contribution in [0.25, 0.3) is 10.9 Å². The van der Waals surface area contributed by atoms with Crippen LogP contribution in [-0.4, -0.2) is 28.3 Å². The maximum atomic E-state index is 12.8. The Hall–Kier alpha value is -3.61. The van der Waals surface area contributed by atoms with Gasteiger partial charge in [0.25, 0.3) is 5.69 Å². The third kappa shape index (κ3) is 3.67. The summed E-state index contributed by atoms with van der Waals surface area (Å²) in [6.45, 7) is 3.81. The Kier molecular flexibility index (Phi) is 4.94. The summed E-state index contributed by atoms with van der Waals surface area (Å²) in [7, 11) is 0. The zero-order chi connectivity index (χ0) is 19.6. The van der Waals surface area contributed by atoms with Gasteiger partial charge in [-0.1, -0.05) is 11.6 Å². The summed E-state index contributed by atoms with van der Waals surface area (Å²) in [5.41, 5.74) is 1.91. The number of benzene rings is 2. The Morgan fingerprint density at radius 2 is 1.81 bits per heavy atom. The number of fused-ring (bicyclic) bond motifs is 1. The van der Waals surface area contributed by atoms with Crippen LogP contribution in [-0.2, 0) is 4.74 Å². The van der Waals surface area contributed by atoms with Gasteiger partial charge < -0.3 is 4.74 Å². The fourth-order valence-electron chi connectivity index (χ4n) is 2.72. The van der Waals surface area contributed by atoms with Crippen molar-refractivity contribution >= 4 is 28.3 Å². The van der Waals surface area contributed by atoms with E-state index in [0.717, 1.165) is 5.56 Å². The second-order valence-corrected chi connectivity index (χ2v) is 5.93. The molecule has 0 spiro atoms. The number of nitro groups is 1. The molecule has 27 heavy (non-hydrogen) atoms. The average molecular weight is 364 g/mol. The molecule has 0 bridgehead atoms. The molecular formula is C20H16N2O5. The number of hydrogen-bond acceptors (Lipinski definition) is 6. The summed E-state index contributed by atoms with van der Waals surface area (Å²) in [5.74, 6) is -0.967. The molecule has 7 nitrogen and oxygen atoms in total. The molecule has 0 N–H and O–H groups in total. The number of ketones is 1. The van der Waals surface area contributed by atoms with Crippen molar-refractivity contribution in [1.29, 1.82) is 0 Å². The highest BCUT2D eigenvalue weighted by atomic mass is 16.6. The summed E-state index contributed by atoms with van der Waals surface area (Å²) < 4.78 is 5.11. The first-order chi connectivity index (χ1) is 12.9. The molecule has 2 aromatic carbocycles. The first kappa shape index (κ1) is 18.2. The van der Waals surface area contributed by atoms with Gasteiger partial charge >= 0.3 is 5.97 Å². The summed E-state index contributed by atoms with van der Waals surface area (Å²) in [4.78, 5) is 39.7. The maximum Gasteiger partial charge on any atom is 0.338 e. The van der Waals surface area contributed by atoms with Crippen molar-refractivity contribution in [2.24, 2.45) is 0 Å². The van der Waals surface area contributed by atoms with Crippen molar-refractivity contribution < 1.29 is 19.2 Å². The SMILES string of the molecule is CCOC(=O)c1cc(C(=O)c2ccc([N+](=O)[O-])cc2)nc2ccc(C)cc12. The highest BCUT2D eigenvalue weighted by Gasteiger charge is 2.19. The van der Waals surface area contributed by atoms with Crippen LogP contribution in [0.4, 0.5) is 5.69 Å². The highest BCUT2D eigenvalue weighted by Crippen LogP contribution is 2.23. The van der Waals surface area contributed by atoms with Crippen molar-refractivity contribution in [2.45, 2.75) is 13.8 Å². The van der Waals surface area contributed by atoms with E-state index in [9.17, 15) is 19.7 Å². The van der Waals surface area contributed by atoms with Crippen molar-refractivity contribution in [3.8, 4) is 0 Å². The lowest BCUT2D eigenvalue weighted by Crippen LogP contribution is -2.11. The van der Waals surface area contributed by atoms with E-state index in [1.807, 2.05) is 19.1 Å². The first-order valence-corrected chi connectivity index (χ1v) is 8.28. The molecule has 0 saturated carbocycles. The van der Waals surface area contributed by atoms with E-state index in [1.54, 1.807) is 13.0 Å². The lowest BCUT2D eigenvalue weighted by atomic mass is 10.0. The molecular weight excluding hydrogens is 348 g/mol. The van der Waals surface area contributed by atoms with E-state index >= 15 is 0 Å². The molecule has 136 valence electrons. The van der Waals surface area contributed by atoms with E-state index < -0.39 is 16.7 Å². The van der Waals surface area contributed by atoms with Crippen LogP contribution >= 0.6 is 0 Å². The Morgan fingerprint density at radius 3 is 2.44 bits per heavy atom. The Bertz CT molecular complexity index is 1060. The normalized spacial score (nSPS) is 10.6. The molecule has 0 atom stereocenters. The summed E-state index contributed by atoms with van der Waals surface area (Å²) >= 11 is 0. The number of nitrogens with zero attached hydrogens (tertiary/aromatic N) is 2. The van der Waals surface area contributed by atoms with Gasteiger partial charge in [-0.2, -0.15) is 0 Å². The lowest BCUT2D eigenvalue weighted by molar-refractivity contribution is -0.384. The van der Waals surface area contributed by atoms with Gasteiger partial charge in [0.15, 0.2) is 0 Å². The molecule has 0 saturated heterocycles. The second kappa shape index (κ2) is 7.33. The predicted molar refractivity (Wildman–Crippen MR) is 99.0 cm³/mol. The highest BCUT2D eigenvalue weighted by molar-refractivity contribution is 6.12. The predicted octanol–water partition coefficient (Wildman–Crippen LogP) is 3.86. The van der Waals surface area contributed by atoms with Crippen LogP contribution in [0.3, 0.4) is 0 Å². The quantitative estimate of drug-likeness (QED) is 0.295. The zero-order valence-electron chi connectivity index (χ0n) is 14.8. The molecule has 3 rings (SSSR count). The lowest BCUT2D eigenvalue weighted by Gasteiger charge is -2.09. The molecule has 0 radical (unpaired) electrons. The summed E-state index contributed by atoms with van der Waals surface area (Å²) in [6.07, 6.45) is 0. The molecule has 0 aliphatic carbocycles. The Labute approximate surface area is 154 Å². The zero-order valence-corrected chi connectivity index (χ0v) is 14.8. The first-order valence-electron chi connectivity index (χ1n) is 8.28. The Balaban J connectivity index is 2.10. The van der Waals surface area contributed by atoms with E-state index in [1.165, 1.54) is 30.3 Å². The molecule has 0 amide bonds. The largest absolute Gasteiger partial charge is 0.462 e. The van der Waals surface area contributed by atoms with Crippen LogP contribution in [0.15, 0.2) is 48.5 Å². The van der Waals surface area contributed by atoms with E-state index in [2.05, 4.69) is 4.98 Å². The van der Waals surface area contributed by atoms with Gasteiger partial charge in [0.2, 0.25) is 5.78 Å². The maximum absolute atomic E-state index is 12.8. The second-order valence-electron chi connectivity index (χ2n) is 5.93. The summed E-state index contributed by atoms with van der Waals surface area (Å²) in [5, 5.41) is 11.4. The number of pyridine rings is 1. The molecule has 0 unspecified atom stereocenters. The average Bonchev–Trinajstić information content (AvgIpc) is 2.66. The molecule has 3 aromatic rings. The third-order valence-electron chi connectivity index (χ3n) is 4.03. The molecule has 0 aliphatic heterocycles. The van der Waals surface area contributed by atoms with Gasteiger partial charge in [-0.15, -0.1) is 0 Å². The molecule has 1 heterocycles. The third-order valence-corrected chi connectivity index (χ3v) is 4.03. The van der Waals surface area contributed by atoms with Crippen molar-refractivity contribution in [3.63, 3.8) is 0 Å². The molecule has 1 aromatic heterocycles.